The third-order valence-electron chi connectivity index (χ3n) is 6.25. The molecule has 0 bridgehead atoms. The summed E-state index contributed by atoms with van der Waals surface area (Å²) in [6, 6.07) is 13.9. The Morgan fingerprint density at radius 1 is 1.09 bits per heavy atom. The molecule has 2 aromatic carbocycles. The lowest BCUT2D eigenvalue weighted by Crippen LogP contribution is -2.38. The summed E-state index contributed by atoms with van der Waals surface area (Å²) in [4.78, 5) is 30.1. The van der Waals surface area contributed by atoms with Gasteiger partial charge in [0, 0.05) is 31.7 Å². The van der Waals surface area contributed by atoms with Gasteiger partial charge in [-0.3, -0.25) is 14.5 Å². The molecule has 0 spiro atoms. The number of rotatable bonds is 7. The molecule has 2 saturated heterocycles. The van der Waals surface area contributed by atoms with Gasteiger partial charge in [0.1, 0.15) is 11.5 Å². The van der Waals surface area contributed by atoms with Crippen LogP contribution in [0, 0.1) is 6.92 Å². The second-order valence-electron chi connectivity index (χ2n) is 8.44. The number of carbonyl (C=O) groups is 2. The van der Waals surface area contributed by atoms with Crippen molar-refractivity contribution in [2.24, 2.45) is 0 Å². The minimum absolute atomic E-state index is 0.114. The Morgan fingerprint density at radius 2 is 1.82 bits per heavy atom. The van der Waals surface area contributed by atoms with Crippen LogP contribution in [0.3, 0.4) is 0 Å². The van der Waals surface area contributed by atoms with Gasteiger partial charge in [0.2, 0.25) is 0 Å². The van der Waals surface area contributed by atoms with E-state index in [-0.39, 0.29) is 11.3 Å². The van der Waals surface area contributed by atoms with Crippen LogP contribution in [0.25, 0.3) is 5.76 Å². The van der Waals surface area contributed by atoms with E-state index in [0.29, 0.717) is 31.1 Å². The molecule has 2 aliphatic heterocycles. The van der Waals surface area contributed by atoms with Crippen LogP contribution >= 0.6 is 0 Å². The molecule has 33 heavy (non-hydrogen) atoms. The molecular weight excluding hydrogens is 420 g/mol. The Labute approximate surface area is 194 Å². The molecular formula is C26H30N2O5. The lowest BCUT2D eigenvalue weighted by Gasteiger charge is -2.29. The quantitative estimate of drug-likeness (QED) is 0.397. The smallest absolute Gasteiger partial charge is 0.295 e. The van der Waals surface area contributed by atoms with Gasteiger partial charge in [-0.15, -0.1) is 0 Å². The molecule has 2 aromatic rings. The zero-order chi connectivity index (χ0) is 23.4. The summed E-state index contributed by atoms with van der Waals surface area (Å²) in [6.07, 6.45) is 0.720. The van der Waals surface area contributed by atoms with Gasteiger partial charge in [-0.2, -0.15) is 0 Å². The first-order chi connectivity index (χ1) is 16.0. The topological polar surface area (TPSA) is 79.3 Å². The summed E-state index contributed by atoms with van der Waals surface area (Å²) in [5, 5.41) is 11.1. The van der Waals surface area contributed by atoms with Crippen LogP contribution in [0.4, 0.5) is 0 Å². The summed E-state index contributed by atoms with van der Waals surface area (Å²) in [5.41, 5.74) is 2.40. The molecule has 0 aromatic heterocycles. The van der Waals surface area contributed by atoms with E-state index >= 15 is 0 Å². The summed E-state index contributed by atoms with van der Waals surface area (Å²) >= 11 is 0. The fourth-order valence-corrected chi connectivity index (χ4v) is 4.43. The highest BCUT2D eigenvalue weighted by Crippen LogP contribution is 2.40. The Balaban J connectivity index is 1.68. The van der Waals surface area contributed by atoms with E-state index in [1.807, 2.05) is 43.3 Å². The largest absolute Gasteiger partial charge is 0.507 e. The van der Waals surface area contributed by atoms with E-state index in [4.69, 9.17) is 9.47 Å². The first-order valence-electron chi connectivity index (χ1n) is 11.3. The maximum atomic E-state index is 13.1. The Kier molecular flexibility index (Phi) is 7.11. The van der Waals surface area contributed by atoms with Gasteiger partial charge in [0.15, 0.2) is 0 Å². The SMILES string of the molecule is COc1cccc([C@@H]2C(=C(O)c3ccc(C)cc3)C(=O)C(=O)N2CCCN2CCOCC2)c1. The molecule has 174 valence electrons. The number of aliphatic hydroxyl groups excluding tert-OH is 1. The number of aliphatic hydroxyl groups is 1. The van der Waals surface area contributed by atoms with Crippen molar-refractivity contribution in [2.45, 2.75) is 19.4 Å². The average Bonchev–Trinajstić information content (AvgIpc) is 3.10. The van der Waals surface area contributed by atoms with Crippen LogP contribution in [-0.2, 0) is 14.3 Å². The number of Topliss-reactive ketones (excluding diaryl/α,β-unsaturated/α-hetero) is 1. The predicted molar refractivity (Wildman–Crippen MR) is 125 cm³/mol. The number of likely N-dealkylation sites (tertiary alicyclic amines) is 1. The number of hydrogen-bond acceptors (Lipinski definition) is 6. The molecule has 2 fully saturated rings. The van der Waals surface area contributed by atoms with Gasteiger partial charge in [-0.1, -0.05) is 42.0 Å². The van der Waals surface area contributed by atoms with E-state index in [1.165, 1.54) is 0 Å². The molecule has 0 unspecified atom stereocenters. The molecule has 1 amide bonds. The fraction of sp³-hybridized carbons (Fsp3) is 0.385. The van der Waals surface area contributed by atoms with Gasteiger partial charge in [0.05, 0.1) is 31.9 Å². The average molecular weight is 451 g/mol. The van der Waals surface area contributed by atoms with Gasteiger partial charge < -0.3 is 19.5 Å². The van der Waals surface area contributed by atoms with Crippen molar-refractivity contribution in [2.75, 3.05) is 46.5 Å². The number of carbonyl (C=O) groups excluding carboxylic acids is 2. The van der Waals surface area contributed by atoms with Crippen molar-refractivity contribution < 1.29 is 24.2 Å². The highest BCUT2D eigenvalue weighted by molar-refractivity contribution is 6.46. The second-order valence-corrected chi connectivity index (χ2v) is 8.44. The minimum atomic E-state index is -0.675. The summed E-state index contributed by atoms with van der Waals surface area (Å²) in [6.45, 7) is 6.34. The highest BCUT2D eigenvalue weighted by Gasteiger charge is 2.45. The summed E-state index contributed by atoms with van der Waals surface area (Å²) in [7, 11) is 1.57. The third kappa shape index (κ3) is 4.94. The first kappa shape index (κ1) is 23.0. The molecule has 0 saturated carbocycles. The van der Waals surface area contributed by atoms with Crippen LogP contribution in [0.5, 0.6) is 5.75 Å². The van der Waals surface area contributed by atoms with Gasteiger partial charge in [0.25, 0.3) is 11.7 Å². The van der Waals surface area contributed by atoms with E-state index in [1.54, 1.807) is 24.1 Å². The summed E-state index contributed by atoms with van der Waals surface area (Å²) in [5.74, 6) is -0.774. The maximum Gasteiger partial charge on any atom is 0.295 e. The Bertz CT molecular complexity index is 1040. The number of nitrogens with zero attached hydrogens (tertiary/aromatic N) is 2. The summed E-state index contributed by atoms with van der Waals surface area (Å²) < 4.78 is 10.8. The van der Waals surface area contributed by atoms with Crippen LogP contribution in [0.1, 0.15) is 29.2 Å². The number of ether oxygens (including phenoxy) is 2. The molecule has 2 aliphatic rings. The molecule has 1 atom stereocenters. The van der Waals surface area contributed by atoms with Crippen molar-refractivity contribution in [3.63, 3.8) is 0 Å². The fourth-order valence-electron chi connectivity index (χ4n) is 4.43. The molecule has 2 heterocycles. The molecule has 1 N–H and O–H groups in total. The van der Waals surface area contributed by atoms with Crippen molar-refractivity contribution in [3.8, 4) is 5.75 Å². The monoisotopic (exact) mass is 450 g/mol. The zero-order valence-corrected chi connectivity index (χ0v) is 19.1. The highest BCUT2D eigenvalue weighted by atomic mass is 16.5. The van der Waals surface area contributed by atoms with E-state index in [2.05, 4.69) is 4.90 Å². The molecule has 4 rings (SSSR count). The van der Waals surface area contributed by atoms with Crippen LogP contribution < -0.4 is 4.74 Å². The molecule has 0 radical (unpaired) electrons. The first-order valence-corrected chi connectivity index (χ1v) is 11.3. The predicted octanol–water partition coefficient (Wildman–Crippen LogP) is 3.15. The van der Waals surface area contributed by atoms with Gasteiger partial charge in [-0.25, -0.2) is 0 Å². The number of hydrogen-bond donors (Lipinski definition) is 1. The van der Waals surface area contributed by atoms with Crippen LogP contribution in [-0.4, -0.2) is 73.1 Å². The van der Waals surface area contributed by atoms with Crippen molar-refractivity contribution in [1.29, 1.82) is 0 Å². The lowest BCUT2D eigenvalue weighted by molar-refractivity contribution is -0.140. The maximum absolute atomic E-state index is 13.1. The Hall–Kier alpha value is -3.16. The van der Waals surface area contributed by atoms with Crippen LogP contribution in [0.15, 0.2) is 54.1 Å². The van der Waals surface area contributed by atoms with E-state index in [0.717, 1.165) is 37.2 Å². The number of amides is 1. The molecule has 0 aliphatic carbocycles. The van der Waals surface area contributed by atoms with Gasteiger partial charge in [-0.05, 0) is 31.0 Å². The van der Waals surface area contributed by atoms with Crippen molar-refractivity contribution in [1.82, 2.24) is 9.80 Å². The number of methoxy groups -OCH3 is 1. The van der Waals surface area contributed by atoms with Crippen molar-refractivity contribution in [3.05, 3.63) is 70.8 Å². The number of ketones is 1. The standard InChI is InChI=1S/C26H30N2O5/c1-18-7-9-19(10-8-18)24(29)22-23(20-5-3-6-21(17-20)32-2)28(26(31)25(22)30)12-4-11-27-13-15-33-16-14-27/h3,5-10,17,23,29H,4,11-16H2,1-2H3/t23-/m1/s1. The number of aryl methyl sites for hydroxylation is 1. The third-order valence-corrected chi connectivity index (χ3v) is 6.25. The van der Waals surface area contributed by atoms with E-state index in [9.17, 15) is 14.7 Å². The zero-order valence-electron chi connectivity index (χ0n) is 19.1. The normalized spacial score (nSPS) is 20.9. The number of morpholine rings is 1. The second kappa shape index (κ2) is 10.2. The Morgan fingerprint density at radius 3 is 2.52 bits per heavy atom. The van der Waals surface area contributed by atoms with Gasteiger partial charge >= 0.3 is 0 Å². The molecule has 7 nitrogen and oxygen atoms in total. The molecule has 7 heteroatoms. The lowest BCUT2D eigenvalue weighted by atomic mass is 9.95. The van der Waals surface area contributed by atoms with Crippen molar-refractivity contribution >= 4 is 17.4 Å². The minimum Gasteiger partial charge on any atom is -0.507 e. The van der Waals surface area contributed by atoms with E-state index < -0.39 is 17.7 Å². The number of benzene rings is 2. The van der Waals surface area contributed by atoms with Crippen LogP contribution in [0.2, 0.25) is 0 Å².